The summed E-state index contributed by atoms with van der Waals surface area (Å²) in [7, 11) is 0. The molecular weight excluding hydrogens is 326 g/mol. The fraction of sp³-hybridized carbons (Fsp3) is 0.273. The maximum Gasteiger partial charge on any atom is 0.363 e. The lowest BCUT2D eigenvalue weighted by Gasteiger charge is -2.05. The second-order valence-electron chi connectivity index (χ2n) is 6.33. The van der Waals surface area contributed by atoms with E-state index in [2.05, 4.69) is 11.9 Å². The van der Waals surface area contributed by atoms with Crippen molar-refractivity contribution in [2.75, 3.05) is 6.61 Å². The Balaban J connectivity index is 1.68. The van der Waals surface area contributed by atoms with Gasteiger partial charge in [-0.15, -0.1) is 0 Å². The molecule has 0 aromatic heterocycles. The van der Waals surface area contributed by atoms with E-state index < -0.39 is 5.97 Å². The van der Waals surface area contributed by atoms with Gasteiger partial charge in [0, 0.05) is 5.56 Å². The molecule has 1 aliphatic heterocycles. The molecule has 0 N–H and O–H groups in total. The smallest absolute Gasteiger partial charge is 0.363 e. The van der Waals surface area contributed by atoms with Crippen LogP contribution in [0.4, 0.5) is 0 Å². The molecule has 0 unspecified atom stereocenters. The monoisotopic (exact) mass is 349 g/mol. The van der Waals surface area contributed by atoms with Crippen molar-refractivity contribution in [3.05, 3.63) is 70.9 Å². The molecule has 2 aromatic rings. The number of carbonyl (C=O) groups is 1. The Hall–Kier alpha value is -2.88. The highest BCUT2D eigenvalue weighted by molar-refractivity contribution is 6.12. The average molecular weight is 349 g/mol. The summed E-state index contributed by atoms with van der Waals surface area (Å²) < 4.78 is 11.0. The number of benzene rings is 2. The van der Waals surface area contributed by atoms with Crippen LogP contribution in [0.15, 0.2) is 59.2 Å². The average Bonchev–Trinajstić information content (AvgIpc) is 3.01. The molecule has 1 heterocycles. The van der Waals surface area contributed by atoms with Gasteiger partial charge in [0.05, 0.1) is 6.61 Å². The number of unbranched alkanes of at least 4 members (excludes halogenated alkanes) is 2. The SMILES string of the molecule is CCCCCOc1ccc(C=C2N=C(c3ccc(C)cc3)OC2=O)cc1. The first kappa shape index (κ1) is 17.9. The number of carbonyl (C=O) groups excluding carboxylic acids is 1. The number of rotatable bonds is 7. The van der Waals surface area contributed by atoms with Crippen molar-refractivity contribution in [2.45, 2.75) is 33.1 Å². The molecule has 4 heteroatoms. The largest absolute Gasteiger partial charge is 0.494 e. The number of hydrogen-bond donors (Lipinski definition) is 0. The molecule has 0 saturated heterocycles. The molecule has 26 heavy (non-hydrogen) atoms. The van der Waals surface area contributed by atoms with Crippen LogP contribution in [0.1, 0.15) is 42.9 Å². The first-order valence-corrected chi connectivity index (χ1v) is 8.98. The summed E-state index contributed by atoms with van der Waals surface area (Å²) in [6, 6.07) is 15.4. The van der Waals surface area contributed by atoms with Gasteiger partial charge in [-0.2, -0.15) is 0 Å². The van der Waals surface area contributed by atoms with Gasteiger partial charge in [-0.1, -0.05) is 49.6 Å². The van der Waals surface area contributed by atoms with E-state index in [1.54, 1.807) is 6.08 Å². The molecule has 0 fully saturated rings. The topological polar surface area (TPSA) is 47.9 Å². The summed E-state index contributed by atoms with van der Waals surface area (Å²) >= 11 is 0. The molecule has 0 saturated carbocycles. The maximum atomic E-state index is 12.1. The van der Waals surface area contributed by atoms with Gasteiger partial charge in [0.15, 0.2) is 5.70 Å². The third kappa shape index (κ3) is 4.60. The zero-order valence-corrected chi connectivity index (χ0v) is 15.2. The van der Waals surface area contributed by atoms with Gasteiger partial charge in [-0.25, -0.2) is 9.79 Å². The standard InChI is InChI=1S/C22H23NO3/c1-3-4-5-14-25-19-12-8-17(9-13-19)15-20-22(24)26-21(23-20)18-10-6-16(2)7-11-18/h6-13,15H,3-5,14H2,1-2H3. The highest BCUT2D eigenvalue weighted by Gasteiger charge is 2.23. The minimum Gasteiger partial charge on any atom is -0.494 e. The Labute approximate surface area is 154 Å². The van der Waals surface area contributed by atoms with Crippen LogP contribution in [-0.2, 0) is 9.53 Å². The van der Waals surface area contributed by atoms with Crippen LogP contribution in [-0.4, -0.2) is 18.5 Å². The van der Waals surface area contributed by atoms with Gasteiger partial charge < -0.3 is 9.47 Å². The summed E-state index contributed by atoms with van der Waals surface area (Å²) in [5.74, 6) is 0.749. The molecular formula is C22H23NO3. The summed E-state index contributed by atoms with van der Waals surface area (Å²) in [5.41, 5.74) is 3.12. The molecule has 0 spiro atoms. The second kappa shape index (κ2) is 8.48. The van der Waals surface area contributed by atoms with E-state index in [-0.39, 0.29) is 0 Å². The number of esters is 1. The quantitative estimate of drug-likeness (QED) is 0.405. The van der Waals surface area contributed by atoms with Crippen LogP contribution < -0.4 is 4.74 Å². The predicted octanol–water partition coefficient (Wildman–Crippen LogP) is 4.91. The summed E-state index contributed by atoms with van der Waals surface area (Å²) in [4.78, 5) is 16.4. The lowest BCUT2D eigenvalue weighted by molar-refractivity contribution is -0.129. The number of aliphatic imine (C=N–C) groups is 1. The Morgan fingerprint density at radius 3 is 2.46 bits per heavy atom. The number of cyclic esters (lactones) is 1. The third-order valence-corrected chi connectivity index (χ3v) is 4.12. The number of aryl methyl sites for hydroxylation is 1. The molecule has 134 valence electrons. The van der Waals surface area contributed by atoms with Gasteiger partial charge in [0.25, 0.3) is 0 Å². The van der Waals surface area contributed by atoms with E-state index in [0.717, 1.165) is 35.5 Å². The Bertz CT molecular complexity index is 817. The first-order valence-electron chi connectivity index (χ1n) is 8.98. The van der Waals surface area contributed by atoms with Gasteiger partial charge in [-0.05, 0) is 49.2 Å². The van der Waals surface area contributed by atoms with Gasteiger partial charge in [-0.3, -0.25) is 0 Å². The molecule has 0 amide bonds. The number of ether oxygens (including phenoxy) is 2. The van der Waals surface area contributed by atoms with E-state index in [0.29, 0.717) is 11.6 Å². The van der Waals surface area contributed by atoms with Crippen molar-refractivity contribution >= 4 is 17.9 Å². The summed E-state index contributed by atoms with van der Waals surface area (Å²) in [6.07, 6.45) is 5.14. The number of hydrogen-bond acceptors (Lipinski definition) is 4. The Morgan fingerprint density at radius 1 is 1.04 bits per heavy atom. The minimum absolute atomic E-state index is 0.303. The van der Waals surface area contributed by atoms with E-state index in [1.165, 1.54) is 12.8 Å². The number of nitrogens with zero attached hydrogens (tertiary/aromatic N) is 1. The van der Waals surface area contributed by atoms with Crippen LogP contribution in [0, 0.1) is 6.92 Å². The van der Waals surface area contributed by atoms with Crippen LogP contribution in [0.3, 0.4) is 0 Å². The predicted molar refractivity (Wildman–Crippen MR) is 103 cm³/mol. The molecule has 0 atom stereocenters. The molecule has 1 aliphatic rings. The van der Waals surface area contributed by atoms with Crippen molar-refractivity contribution < 1.29 is 14.3 Å². The Morgan fingerprint density at radius 2 is 1.77 bits per heavy atom. The fourth-order valence-electron chi connectivity index (χ4n) is 2.59. The molecule has 0 aliphatic carbocycles. The highest BCUT2D eigenvalue weighted by Crippen LogP contribution is 2.21. The first-order chi connectivity index (χ1) is 12.7. The fourth-order valence-corrected chi connectivity index (χ4v) is 2.59. The molecule has 0 radical (unpaired) electrons. The van der Waals surface area contributed by atoms with Crippen molar-refractivity contribution in [2.24, 2.45) is 4.99 Å². The highest BCUT2D eigenvalue weighted by atomic mass is 16.6. The second-order valence-corrected chi connectivity index (χ2v) is 6.33. The zero-order valence-electron chi connectivity index (χ0n) is 15.2. The van der Waals surface area contributed by atoms with Crippen LogP contribution >= 0.6 is 0 Å². The van der Waals surface area contributed by atoms with Crippen molar-refractivity contribution in [3.8, 4) is 5.75 Å². The van der Waals surface area contributed by atoms with E-state index in [9.17, 15) is 4.79 Å². The van der Waals surface area contributed by atoms with Gasteiger partial charge >= 0.3 is 5.97 Å². The van der Waals surface area contributed by atoms with E-state index in [1.807, 2.05) is 55.5 Å². The third-order valence-electron chi connectivity index (χ3n) is 4.12. The summed E-state index contributed by atoms with van der Waals surface area (Å²) in [6.45, 7) is 4.91. The Kier molecular flexibility index (Phi) is 5.84. The maximum absolute atomic E-state index is 12.1. The summed E-state index contributed by atoms with van der Waals surface area (Å²) in [5, 5.41) is 0. The van der Waals surface area contributed by atoms with E-state index in [4.69, 9.17) is 9.47 Å². The molecule has 0 bridgehead atoms. The lowest BCUT2D eigenvalue weighted by atomic mass is 10.1. The normalized spacial score (nSPS) is 15.1. The van der Waals surface area contributed by atoms with Crippen molar-refractivity contribution in [1.29, 1.82) is 0 Å². The molecule has 2 aromatic carbocycles. The minimum atomic E-state index is -0.430. The molecule has 4 nitrogen and oxygen atoms in total. The van der Waals surface area contributed by atoms with Crippen LogP contribution in [0.2, 0.25) is 0 Å². The van der Waals surface area contributed by atoms with E-state index >= 15 is 0 Å². The van der Waals surface area contributed by atoms with Gasteiger partial charge in [0.2, 0.25) is 5.90 Å². The zero-order chi connectivity index (χ0) is 18.4. The van der Waals surface area contributed by atoms with Crippen molar-refractivity contribution in [3.63, 3.8) is 0 Å². The lowest BCUT2D eigenvalue weighted by Crippen LogP contribution is -2.05. The molecule has 3 rings (SSSR count). The van der Waals surface area contributed by atoms with Gasteiger partial charge in [0.1, 0.15) is 5.75 Å². The van der Waals surface area contributed by atoms with Crippen LogP contribution in [0.5, 0.6) is 5.75 Å². The van der Waals surface area contributed by atoms with Crippen LogP contribution in [0.25, 0.3) is 6.08 Å². The van der Waals surface area contributed by atoms with Crippen molar-refractivity contribution in [1.82, 2.24) is 0 Å².